The summed E-state index contributed by atoms with van der Waals surface area (Å²) < 4.78 is 0. The Kier molecular flexibility index (Phi) is 30.8. The predicted octanol–water partition coefficient (Wildman–Crippen LogP) is 7.02. The molecule has 3 aliphatic rings. The second kappa shape index (κ2) is 32.1. The van der Waals surface area contributed by atoms with Crippen molar-refractivity contribution < 1.29 is 0 Å². The monoisotopic (exact) mass is 684 g/mol. The second-order valence-electron chi connectivity index (χ2n) is 13.9. The van der Waals surface area contributed by atoms with Gasteiger partial charge in [-0.1, -0.05) is 77.4 Å². The lowest BCUT2D eigenvalue weighted by atomic mass is 9.97. The summed E-state index contributed by atoms with van der Waals surface area (Å²) in [6, 6.07) is 18.2. The largest absolute Gasteiger partial charge is 0.319 e. The third-order valence-electron chi connectivity index (χ3n) is 9.42. The first kappa shape index (κ1) is 47.1. The van der Waals surface area contributed by atoms with Crippen LogP contribution in [-0.4, -0.2) is 120 Å². The van der Waals surface area contributed by atoms with Crippen molar-refractivity contribution in [1.29, 1.82) is 0 Å². The third kappa shape index (κ3) is 25.7. The average Bonchev–Trinajstić information content (AvgIpc) is 3.15. The van der Waals surface area contributed by atoms with E-state index in [9.17, 15) is 0 Å². The first-order valence-corrected chi connectivity index (χ1v) is 19.7. The molecule has 2 aromatic rings. The van der Waals surface area contributed by atoms with E-state index in [-0.39, 0.29) is 0 Å². The zero-order valence-electron chi connectivity index (χ0n) is 34.2. The minimum Gasteiger partial charge on any atom is -0.319 e. The molecule has 0 spiro atoms. The lowest BCUT2D eigenvalue weighted by Gasteiger charge is -2.28. The number of benzene rings is 1. The average molecular weight is 684 g/mol. The minimum atomic E-state index is 0.779. The number of nitrogens with one attached hydrogen (secondary N) is 3. The third-order valence-corrected chi connectivity index (χ3v) is 9.42. The normalized spacial score (nSPS) is 17.7. The second-order valence-corrected chi connectivity index (χ2v) is 13.9. The fourth-order valence-corrected chi connectivity index (χ4v) is 5.79. The maximum Gasteiger partial charge on any atom is 0.0404 e. The molecule has 3 aliphatic heterocycles. The molecule has 7 nitrogen and oxygen atoms in total. The lowest BCUT2D eigenvalue weighted by molar-refractivity contribution is 0.218. The Morgan fingerprint density at radius 2 is 0.939 bits per heavy atom. The van der Waals surface area contributed by atoms with E-state index in [0.717, 1.165) is 37.3 Å². The quantitative estimate of drug-likeness (QED) is 0.290. The Morgan fingerprint density at radius 3 is 1.24 bits per heavy atom. The van der Waals surface area contributed by atoms with Crippen molar-refractivity contribution in [2.24, 2.45) is 5.92 Å². The van der Waals surface area contributed by atoms with E-state index in [1.54, 1.807) is 0 Å². The van der Waals surface area contributed by atoms with Gasteiger partial charge in [-0.2, -0.15) is 0 Å². The van der Waals surface area contributed by atoms with E-state index in [2.05, 4.69) is 148 Å². The summed E-state index contributed by atoms with van der Waals surface area (Å²) in [6.45, 7) is 19.5. The Morgan fingerprint density at radius 1 is 0.551 bits per heavy atom. The van der Waals surface area contributed by atoms with Crippen LogP contribution < -0.4 is 16.0 Å². The Bertz CT molecular complexity index is 907. The summed E-state index contributed by atoms with van der Waals surface area (Å²) in [5.74, 6) is 0.932. The standard InChI is InChI=1S/C9H13N.C8H18N2.C8H10.2C7H16N2.C3H8/c1-3-8-6-5-7-9(4-2)10-8;1-9-7-8-3-5-10(2)6-4-8;1-2-8-6-4-3-5-7-8;2*1-8-7-3-5-9(2)6-4-7;1-3-2/h5-7H,3-4H2,1-2H3;8-9H,3-7H2,1-2H3;3-7H,2H2,1H3;2*7-8H,3-6H2,1-2H3;3H2,1-2H3. The number of rotatable bonds is 7. The summed E-state index contributed by atoms with van der Waals surface area (Å²) in [6.07, 6.45) is 12.5. The van der Waals surface area contributed by atoms with Crippen molar-refractivity contribution in [1.82, 2.24) is 35.6 Å². The summed E-state index contributed by atoms with van der Waals surface area (Å²) in [7, 11) is 12.7. The number of aryl methyl sites for hydroxylation is 3. The van der Waals surface area contributed by atoms with Gasteiger partial charge in [-0.25, -0.2) is 0 Å². The fraction of sp³-hybridized carbons (Fsp3) is 0.738. The molecule has 3 N–H and O–H groups in total. The Balaban J connectivity index is 0.000000577. The maximum absolute atomic E-state index is 4.41. The smallest absolute Gasteiger partial charge is 0.0404 e. The summed E-state index contributed by atoms with van der Waals surface area (Å²) in [5.41, 5.74) is 3.80. The van der Waals surface area contributed by atoms with E-state index < -0.39 is 0 Å². The fourth-order valence-electron chi connectivity index (χ4n) is 5.79. The van der Waals surface area contributed by atoms with Crippen molar-refractivity contribution in [3.8, 4) is 0 Å². The molecule has 49 heavy (non-hydrogen) atoms. The van der Waals surface area contributed by atoms with Crippen molar-refractivity contribution in [2.45, 2.75) is 111 Å². The van der Waals surface area contributed by atoms with Crippen LogP contribution in [0.4, 0.5) is 0 Å². The Labute approximate surface area is 305 Å². The number of piperidine rings is 3. The van der Waals surface area contributed by atoms with E-state index in [1.807, 2.05) is 13.1 Å². The topological polar surface area (TPSA) is 58.7 Å². The van der Waals surface area contributed by atoms with Crippen LogP contribution in [0.15, 0.2) is 48.5 Å². The van der Waals surface area contributed by atoms with Crippen molar-refractivity contribution in [2.75, 3.05) is 88.1 Å². The maximum atomic E-state index is 4.41. The number of pyridine rings is 1. The summed E-state index contributed by atoms with van der Waals surface area (Å²) in [4.78, 5) is 11.6. The molecule has 0 radical (unpaired) electrons. The molecule has 3 fully saturated rings. The number of likely N-dealkylation sites (tertiary alicyclic amines) is 3. The van der Waals surface area contributed by atoms with E-state index in [1.165, 1.54) is 108 Å². The van der Waals surface area contributed by atoms with Crippen LogP contribution in [0.2, 0.25) is 0 Å². The van der Waals surface area contributed by atoms with Crippen LogP contribution in [0.1, 0.15) is 96.5 Å². The van der Waals surface area contributed by atoms with Gasteiger partial charge in [0.15, 0.2) is 0 Å². The van der Waals surface area contributed by atoms with Crippen LogP contribution in [-0.2, 0) is 19.3 Å². The molecule has 1 aromatic carbocycles. The molecule has 3 saturated heterocycles. The molecule has 0 amide bonds. The van der Waals surface area contributed by atoms with Gasteiger partial charge in [0, 0.05) is 23.5 Å². The van der Waals surface area contributed by atoms with E-state index in [0.29, 0.717) is 0 Å². The van der Waals surface area contributed by atoms with Crippen LogP contribution in [0.25, 0.3) is 0 Å². The molecule has 0 bridgehead atoms. The number of hydrogen-bond acceptors (Lipinski definition) is 7. The molecule has 0 saturated carbocycles. The predicted molar refractivity (Wildman–Crippen MR) is 218 cm³/mol. The highest BCUT2D eigenvalue weighted by atomic mass is 15.1. The van der Waals surface area contributed by atoms with Crippen LogP contribution in [0.5, 0.6) is 0 Å². The highest BCUT2D eigenvalue weighted by molar-refractivity contribution is 5.14. The molecule has 5 rings (SSSR count). The highest BCUT2D eigenvalue weighted by Crippen LogP contribution is 2.14. The van der Waals surface area contributed by atoms with Crippen LogP contribution in [0, 0.1) is 5.92 Å². The van der Waals surface area contributed by atoms with Crippen LogP contribution >= 0.6 is 0 Å². The van der Waals surface area contributed by atoms with Gasteiger partial charge in [-0.05, 0) is 170 Å². The van der Waals surface area contributed by atoms with Gasteiger partial charge in [0.1, 0.15) is 0 Å². The number of hydrogen-bond donors (Lipinski definition) is 3. The van der Waals surface area contributed by atoms with Crippen LogP contribution in [0.3, 0.4) is 0 Å². The molecule has 4 heterocycles. The molecule has 0 atom stereocenters. The SMILES string of the molecule is CCC.CCc1cccc(CC)n1.CCc1ccccc1.CNC1CCN(C)CC1.CNC1CCN(C)CC1.CNCC1CCN(C)CC1. The molecule has 0 aliphatic carbocycles. The van der Waals surface area contributed by atoms with Gasteiger partial charge in [0.05, 0.1) is 0 Å². The number of nitrogens with zero attached hydrogens (tertiary/aromatic N) is 4. The highest BCUT2D eigenvalue weighted by Gasteiger charge is 2.15. The molecule has 7 heteroatoms. The van der Waals surface area contributed by atoms with Gasteiger partial charge in [0.2, 0.25) is 0 Å². The number of aromatic nitrogens is 1. The molecule has 0 unspecified atom stereocenters. The molecule has 1 aromatic heterocycles. The zero-order valence-corrected chi connectivity index (χ0v) is 34.2. The summed E-state index contributed by atoms with van der Waals surface area (Å²) >= 11 is 0. The van der Waals surface area contributed by atoms with Gasteiger partial charge < -0.3 is 30.7 Å². The zero-order chi connectivity index (χ0) is 36.7. The van der Waals surface area contributed by atoms with Gasteiger partial charge in [-0.15, -0.1) is 0 Å². The van der Waals surface area contributed by atoms with E-state index >= 15 is 0 Å². The van der Waals surface area contributed by atoms with E-state index in [4.69, 9.17) is 0 Å². The molecule has 284 valence electrons. The molecular formula is C42H81N7. The molecular weight excluding hydrogens is 603 g/mol. The summed E-state index contributed by atoms with van der Waals surface area (Å²) in [5, 5.41) is 9.83. The van der Waals surface area contributed by atoms with Gasteiger partial charge in [0.25, 0.3) is 0 Å². The lowest BCUT2D eigenvalue weighted by Crippen LogP contribution is -2.39. The minimum absolute atomic E-state index is 0.779. The Hall–Kier alpha value is -1.87. The van der Waals surface area contributed by atoms with Gasteiger partial charge in [-0.3, -0.25) is 4.98 Å². The van der Waals surface area contributed by atoms with Gasteiger partial charge >= 0.3 is 0 Å². The van der Waals surface area contributed by atoms with Crippen molar-refractivity contribution in [3.05, 3.63) is 65.5 Å². The first-order chi connectivity index (χ1) is 23.7. The van der Waals surface area contributed by atoms with Crippen molar-refractivity contribution >= 4 is 0 Å². The first-order valence-electron chi connectivity index (χ1n) is 19.7. The van der Waals surface area contributed by atoms with Crippen molar-refractivity contribution in [3.63, 3.8) is 0 Å².